The molecule has 0 saturated heterocycles. The molecule has 0 radical (unpaired) electrons. The molecule has 1 unspecified atom stereocenters. The number of ketones is 1. The fraction of sp³-hybridized carbons (Fsp3) is 0.727. The summed E-state index contributed by atoms with van der Waals surface area (Å²) in [5.41, 5.74) is -0.0765. The van der Waals surface area contributed by atoms with Crippen LogP contribution in [0.1, 0.15) is 40.0 Å². The third-order valence-electron chi connectivity index (χ3n) is 1.81. The summed E-state index contributed by atoms with van der Waals surface area (Å²) >= 11 is 0. The summed E-state index contributed by atoms with van der Waals surface area (Å²) in [5.74, 6) is -1.30. The van der Waals surface area contributed by atoms with Crippen molar-refractivity contribution in [3.63, 3.8) is 0 Å². The molecule has 0 fully saturated rings. The van der Waals surface area contributed by atoms with Gasteiger partial charge in [0.15, 0.2) is 0 Å². The minimum Gasteiger partial charge on any atom is -0.393 e. The number of aliphatic hydroxyl groups is 1. The van der Waals surface area contributed by atoms with Crippen LogP contribution in [0.25, 0.3) is 0 Å². The number of aliphatic hydroxyl groups excluding tert-OH is 1. The van der Waals surface area contributed by atoms with Crippen LogP contribution in [-0.4, -0.2) is 23.0 Å². The number of esters is 1. The molecule has 1 N–H and O–H groups in total. The molecule has 0 saturated carbocycles. The minimum atomic E-state index is -0.879. The first kappa shape index (κ1) is 14.6. The van der Waals surface area contributed by atoms with Gasteiger partial charge in [0.1, 0.15) is 12.2 Å². The van der Waals surface area contributed by atoms with Crippen molar-refractivity contribution in [3.05, 3.63) is 0 Å². The number of carbonyl (C=O) groups excluding carboxylic acids is 2. The SMILES string of the molecule is CC(C)(C)CC(O)CC(=O)CC(=O)OC#N. The van der Waals surface area contributed by atoms with E-state index in [0.717, 1.165) is 0 Å². The standard InChI is InChI=1S/C11H17NO4/c1-11(2,3)6-9(14)4-8(13)5-10(15)16-7-12/h9,14H,4-6H2,1-3H3. The Kier molecular flexibility index (Phi) is 5.68. The third-order valence-corrected chi connectivity index (χ3v) is 1.81. The first-order valence-corrected chi connectivity index (χ1v) is 5.03. The Labute approximate surface area is 95.0 Å². The van der Waals surface area contributed by atoms with Crippen molar-refractivity contribution in [2.45, 2.75) is 46.1 Å². The normalized spacial score (nSPS) is 12.7. The summed E-state index contributed by atoms with van der Waals surface area (Å²) in [5, 5.41) is 17.6. The van der Waals surface area contributed by atoms with Gasteiger partial charge in [0, 0.05) is 6.42 Å². The second-order valence-electron chi connectivity index (χ2n) is 4.90. The van der Waals surface area contributed by atoms with Gasteiger partial charge in [-0.25, -0.2) is 0 Å². The molecule has 90 valence electrons. The first-order chi connectivity index (χ1) is 7.24. The highest BCUT2D eigenvalue weighted by atomic mass is 16.5. The largest absolute Gasteiger partial charge is 0.393 e. The molecule has 0 rings (SSSR count). The lowest BCUT2D eigenvalue weighted by atomic mass is 9.87. The molecule has 0 aromatic rings. The Morgan fingerprint density at radius 2 is 2.00 bits per heavy atom. The molecule has 0 aliphatic heterocycles. The Bertz CT molecular complexity index is 298. The van der Waals surface area contributed by atoms with E-state index in [-0.39, 0.29) is 11.8 Å². The predicted octanol–water partition coefficient (Wildman–Crippen LogP) is 1.16. The molecule has 0 aliphatic rings. The van der Waals surface area contributed by atoms with E-state index in [4.69, 9.17) is 5.26 Å². The molecule has 0 spiro atoms. The van der Waals surface area contributed by atoms with Gasteiger partial charge in [-0.05, 0) is 11.8 Å². The Morgan fingerprint density at radius 3 is 2.44 bits per heavy atom. The van der Waals surface area contributed by atoms with Gasteiger partial charge in [0.2, 0.25) is 0 Å². The number of carbonyl (C=O) groups is 2. The summed E-state index contributed by atoms with van der Waals surface area (Å²) in [6.07, 6.45) is 0.368. The molecule has 16 heavy (non-hydrogen) atoms. The number of rotatable bonds is 5. The average molecular weight is 227 g/mol. The van der Waals surface area contributed by atoms with Crippen LogP contribution in [0, 0.1) is 16.9 Å². The number of nitrogens with zero attached hydrogens (tertiary/aromatic N) is 1. The average Bonchev–Trinajstić information content (AvgIpc) is 1.98. The van der Waals surface area contributed by atoms with Gasteiger partial charge >= 0.3 is 5.97 Å². The molecule has 0 aromatic heterocycles. The lowest BCUT2D eigenvalue weighted by Gasteiger charge is -2.21. The van der Waals surface area contributed by atoms with E-state index in [0.29, 0.717) is 6.42 Å². The van der Waals surface area contributed by atoms with E-state index < -0.39 is 24.3 Å². The highest BCUT2D eigenvalue weighted by Gasteiger charge is 2.20. The fourth-order valence-electron chi connectivity index (χ4n) is 1.36. The number of hydrogen-bond donors (Lipinski definition) is 1. The smallest absolute Gasteiger partial charge is 0.329 e. The lowest BCUT2D eigenvalue weighted by Crippen LogP contribution is -2.22. The van der Waals surface area contributed by atoms with E-state index in [1.54, 1.807) is 0 Å². The van der Waals surface area contributed by atoms with Crippen LogP contribution in [-0.2, 0) is 14.3 Å². The van der Waals surface area contributed by atoms with Crippen LogP contribution in [0.5, 0.6) is 0 Å². The topological polar surface area (TPSA) is 87.4 Å². The zero-order valence-corrected chi connectivity index (χ0v) is 9.82. The van der Waals surface area contributed by atoms with E-state index in [1.165, 1.54) is 6.26 Å². The van der Waals surface area contributed by atoms with Crippen LogP contribution in [0.3, 0.4) is 0 Å². The number of hydrogen-bond acceptors (Lipinski definition) is 5. The molecule has 5 nitrogen and oxygen atoms in total. The van der Waals surface area contributed by atoms with Crippen molar-refractivity contribution >= 4 is 11.8 Å². The Hall–Kier alpha value is -1.41. The maximum Gasteiger partial charge on any atom is 0.329 e. The number of Topliss-reactive ketones (excluding diaryl/α,β-unsaturated/α-hetero) is 1. The lowest BCUT2D eigenvalue weighted by molar-refractivity contribution is -0.140. The molecular formula is C11H17NO4. The molecule has 0 aliphatic carbocycles. The van der Waals surface area contributed by atoms with Gasteiger partial charge in [0.05, 0.1) is 6.10 Å². The predicted molar refractivity (Wildman–Crippen MR) is 56.0 cm³/mol. The van der Waals surface area contributed by atoms with Crippen molar-refractivity contribution in [2.75, 3.05) is 0 Å². The number of ether oxygens (including phenoxy) is 1. The van der Waals surface area contributed by atoms with Crippen LogP contribution in [0.4, 0.5) is 0 Å². The monoisotopic (exact) mass is 227 g/mol. The van der Waals surface area contributed by atoms with Crippen molar-refractivity contribution in [3.8, 4) is 6.26 Å². The quantitative estimate of drug-likeness (QED) is 0.432. The van der Waals surface area contributed by atoms with Gasteiger partial charge in [-0.15, -0.1) is 5.26 Å². The van der Waals surface area contributed by atoms with Crippen molar-refractivity contribution in [2.24, 2.45) is 5.41 Å². The molecule has 0 bridgehead atoms. The van der Waals surface area contributed by atoms with Crippen molar-refractivity contribution in [1.82, 2.24) is 0 Å². The van der Waals surface area contributed by atoms with Crippen LogP contribution < -0.4 is 0 Å². The molecule has 0 amide bonds. The van der Waals surface area contributed by atoms with E-state index >= 15 is 0 Å². The molecule has 1 atom stereocenters. The second-order valence-corrected chi connectivity index (χ2v) is 4.90. The Morgan fingerprint density at radius 1 is 1.44 bits per heavy atom. The zero-order chi connectivity index (χ0) is 12.8. The molecule has 0 heterocycles. The maximum absolute atomic E-state index is 11.3. The van der Waals surface area contributed by atoms with E-state index in [9.17, 15) is 14.7 Å². The van der Waals surface area contributed by atoms with Gasteiger partial charge < -0.3 is 9.84 Å². The van der Waals surface area contributed by atoms with Gasteiger partial charge in [-0.1, -0.05) is 20.8 Å². The van der Waals surface area contributed by atoms with Gasteiger partial charge in [-0.2, -0.15) is 0 Å². The van der Waals surface area contributed by atoms with Gasteiger partial charge in [0.25, 0.3) is 6.26 Å². The molecule has 0 aromatic carbocycles. The van der Waals surface area contributed by atoms with Crippen LogP contribution in [0.2, 0.25) is 0 Å². The molecule has 5 heteroatoms. The molecular weight excluding hydrogens is 210 g/mol. The van der Waals surface area contributed by atoms with Crippen molar-refractivity contribution in [1.29, 1.82) is 5.26 Å². The van der Waals surface area contributed by atoms with Gasteiger partial charge in [-0.3, -0.25) is 9.59 Å². The third kappa shape index (κ3) is 7.94. The summed E-state index contributed by atoms with van der Waals surface area (Å²) < 4.78 is 3.96. The number of nitriles is 1. The highest BCUT2D eigenvalue weighted by molar-refractivity contribution is 5.95. The first-order valence-electron chi connectivity index (χ1n) is 5.03. The summed E-state index contributed by atoms with van der Waals surface area (Å²) in [7, 11) is 0. The minimum absolute atomic E-state index is 0.0765. The Balaban J connectivity index is 3.97. The van der Waals surface area contributed by atoms with Crippen molar-refractivity contribution < 1.29 is 19.4 Å². The van der Waals surface area contributed by atoms with E-state index in [2.05, 4.69) is 4.74 Å². The maximum atomic E-state index is 11.3. The highest BCUT2D eigenvalue weighted by Crippen LogP contribution is 2.22. The fourth-order valence-corrected chi connectivity index (χ4v) is 1.36. The van der Waals surface area contributed by atoms with Crippen LogP contribution >= 0.6 is 0 Å². The zero-order valence-electron chi connectivity index (χ0n) is 9.82. The second kappa shape index (κ2) is 6.23. The summed E-state index contributed by atoms with van der Waals surface area (Å²) in [6, 6.07) is 0. The van der Waals surface area contributed by atoms with E-state index in [1.807, 2.05) is 20.8 Å². The summed E-state index contributed by atoms with van der Waals surface area (Å²) in [6.45, 7) is 5.85. The van der Waals surface area contributed by atoms with Crippen LogP contribution in [0.15, 0.2) is 0 Å². The summed E-state index contributed by atoms with van der Waals surface area (Å²) in [4.78, 5) is 22.0.